The second kappa shape index (κ2) is 5.54. The molecule has 0 bridgehead atoms. The first kappa shape index (κ1) is 13.6. The molecule has 0 aliphatic carbocycles. The molecule has 1 heterocycles. The number of para-hydroxylation sites is 2. The number of hydrogen-bond acceptors (Lipinski definition) is 3. The Morgan fingerprint density at radius 1 is 1.10 bits per heavy atom. The molecule has 0 radical (unpaired) electrons. The number of nitrogens with zero attached hydrogens (tertiary/aromatic N) is 1. The molecule has 21 heavy (non-hydrogen) atoms. The number of carbonyl (C=O) groups is 1. The summed E-state index contributed by atoms with van der Waals surface area (Å²) >= 11 is 6.19. The Morgan fingerprint density at radius 2 is 1.86 bits per heavy atom. The van der Waals surface area contributed by atoms with Gasteiger partial charge in [-0.3, -0.25) is 9.78 Å². The lowest BCUT2D eigenvalue weighted by Gasteiger charge is -2.13. The van der Waals surface area contributed by atoms with Crippen LogP contribution in [0.4, 0.5) is 11.4 Å². The Morgan fingerprint density at radius 3 is 2.57 bits per heavy atom. The van der Waals surface area contributed by atoms with Crippen molar-refractivity contribution >= 4 is 39.7 Å². The van der Waals surface area contributed by atoms with Crippen LogP contribution >= 0.6 is 11.6 Å². The van der Waals surface area contributed by atoms with E-state index in [2.05, 4.69) is 10.3 Å². The predicted octanol–water partition coefficient (Wildman–Crippen LogP) is 4.83. The molecule has 0 aliphatic rings. The minimum Gasteiger partial charge on any atom is -0.354 e. The Balaban J connectivity index is 2.24. The first-order chi connectivity index (χ1) is 10.2. The predicted molar refractivity (Wildman–Crippen MR) is 86.5 cm³/mol. The van der Waals surface area contributed by atoms with Crippen molar-refractivity contribution < 1.29 is 4.79 Å². The number of anilines is 2. The number of ketones is 1. The molecule has 0 amide bonds. The molecule has 4 heteroatoms. The van der Waals surface area contributed by atoms with Crippen molar-refractivity contribution in [2.24, 2.45) is 0 Å². The van der Waals surface area contributed by atoms with Gasteiger partial charge < -0.3 is 5.32 Å². The molecular weight excluding hydrogens is 284 g/mol. The number of benzene rings is 2. The van der Waals surface area contributed by atoms with Gasteiger partial charge >= 0.3 is 0 Å². The molecule has 3 rings (SSSR count). The number of nitrogens with one attached hydrogen (secondary N) is 1. The lowest BCUT2D eigenvalue weighted by atomic mass is 10.1. The highest BCUT2D eigenvalue weighted by molar-refractivity contribution is 6.35. The van der Waals surface area contributed by atoms with E-state index in [1.807, 2.05) is 42.5 Å². The maximum atomic E-state index is 11.9. The fourth-order valence-corrected chi connectivity index (χ4v) is 2.48. The molecule has 0 aliphatic heterocycles. The minimum absolute atomic E-state index is 0.0391. The van der Waals surface area contributed by atoms with Crippen LogP contribution in [0.2, 0.25) is 5.02 Å². The molecule has 1 aromatic heterocycles. The molecule has 0 atom stereocenters. The third-order valence-electron chi connectivity index (χ3n) is 3.27. The van der Waals surface area contributed by atoms with Crippen LogP contribution in [-0.2, 0) is 0 Å². The van der Waals surface area contributed by atoms with Gasteiger partial charge in [-0.15, -0.1) is 0 Å². The molecule has 3 nitrogen and oxygen atoms in total. The summed E-state index contributed by atoms with van der Waals surface area (Å²) in [6, 6.07) is 15.3. The van der Waals surface area contributed by atoms with E-state index in [4.69, 9.17) is 11.6 Å². The number of hydrogen-bond donors (Lipinski definition) is 1. The fourth-order valence-electron chi connectivity index (χ4n) is 2.25. The van der Waals surface area contributed by atoms with Crippen molar-refractivity contribution in [2.45, 2.75) is 6.92 Å². The molecule has 0 spiro atoms. The zero-order valence-corrected chi connectivity index (χ0v) is 12.2. The van der Waals surface area contributed by atoms with Gasteiger partial charge in [-0.05, 0) is 25.1 Å². The molecule has 0 unspecified atom stereocenters. The molecular formula is C17H13ClN2O. The van der Waals surface area contributed by atoms with Gasteiger partial charge in [0, 0.05) is 17.3 Å². The van der Waals surface area contributed by atoms with Crippen molar-refractivity contribution in [3.8, 4) is 0 Å². The number of aromatic nitrogens is 1. The molecule has 104 valence electrons. The van der Waals surface area contributed by atoms with E-state index in [0.717, 1.165) is 16.8 Å². The SMILES string of the molecule is CC(=O)c1cnc2c(Cl)cccc2c1Nc1ccccc1. The van der Waals surface area contributed by atoms with E-state index in [1.54, 1.807) is 12.3 Å². The van der Waals surface area contributed by atoms with Gasteiger partial charge in [-0.2, -0.15) is 0 Å². The first-order valence-electron chi connectivity index (χ1n) is 6.57. The number of halogens is 1. The average molecular weight is 297 g/mol. The summed E-state index contributed by atoms with van der Waals surface area (Å²) < 4.78 is 0. The summed E-state index contributed by atoms with van der Waals surface area (Å²) in [6.07, 6.45) is 1.57. The Kier molecular flexibility index (Phi) is 3.59. The van der Waals surface area contributed by atoms with Crippen LogP contribution in [-0.4, -0.2) is 10.8 Å². The number of fused-ring (bicyclic) bond motifs is 1. The molecule has 2 aromatic carbocycles. The lowest BCUT2D eigenvalue weighted by Crippen LogP contribution is -2.02. The quantitative estimate of drug-likeness (QED) is 0.704. The van der Waals surface area contributed by atoms with Crippen molar-refractivity contribution in [3.63, 3.8) is 0 Å². The third-order valence-corrected chi connectivity index (χ3v) is 3.58. The van der Waals surface area contributed by atoms with E-state index in [1.165, 1.54) is 6.92 Å². The van der Waals surface area contributed by atoms with Crippen LogP contribution in [0.1, 0.15) is 17.3 Å². The van der Waals surface area contributed by atoms with Crippen molar-refractivity contribution in [1.82, 2.24) is 4.98 Å². The van der Waals surface area contributed by atoms with Gasteiger partial charge in [-0.25, -0.2) is 0 Å². The van der Waals surface area contributed by atoms with Crippen LogP contribution in [0.15, 0.2) is 54.7 Å². The third kappa shape index (κ3) is 2.60. The maximum Gasteiger partial charge on any atom is 0.163 e. The summed E-state index contributed by atoms with van der Waals surface area (Å²) in [6.45, 7) is 1.53. The summed E-state index contributed by atoms with van der Waals surface area (Å²) in [5.41, 5.74) is 2.88. The largest absolute Gasteiger partial charge is 0.354 e. The van der Waals surface area contributed by atoms with Gasteiger partial charge in [0.05, 0.1) is 21.8 Å². The first-order valence-corrected chi connectivity index (χ1v) is 6.95. The standard InChI is InChI=1S/C17H13ClN2O/c1-11(21)14-10-19-17-13(8-5-9-15(17)18)16(14)20-12-6-3-2-4-7-12/h2-10H,1H3,(H,19,20). The van der Waals surface area contributed by atoms with Gasteiger partial charge in [0.15, 0.2) is 5.78 Å². The van der Waals surface area contributed by atoms with Crippen LogP contribution < -0.4 is 5.32 Å². The van der Waals surface area contributed by atoms with E-state index in [-0.39, 0.29) is 5.78 Å². The minimum atomic E-state index is -0.0391. The fraction of sp³-hybridized carbons (Fsp3) is 0.0588. The second-order valence-electron chi connectivity index (χ2n) is 4.73. The van der Waals surface area contributed by atoms with Crippen LogP contribution in [0, 0.1) is 0 Å². The molecule has 3 aromatic rings. The normalized spacial score (nSPS) is 10.6. The molecule has 0 saturated heterocycles. The zero-order chi connectivity index (χ0) is 14.8. The van der Waals surface area contributed by atoms with E-state index in [0.29, 0.717) is 16.1 Å². The second-order valence-corrected chi connectivity index (χ2v) is 5.14. The number of rotatable bonds is 3. The van der Waals surface area contributed by atoms with Crippen molar-refractivity contribution in [3.05, 3.63) is 65.3 Å². The molecule has 1 N–H and O–H groups in total. The highest BCUT2D eigenvalue weighted by atomic mass is 35.5. The summed E-state index contributed by atoms with van der Waals surface area (Å²) in [4.78, 5) is 16.2. The molecule has 0 fully saturated rings. The van der Waals surface area contributed by atoms with Crippen LogP contribution in [0.3, 0.4) is 0 Å². The Labute approximate surface area is 127 Å². The van der Waals surface area contributed by atoms with Gasteiger partial charge in [0.25, 0.3) is 0 Å². The Bertz CT molecular complexity index is 816. The number of pyridine rings is 1. The van der Waals surface area contributed by atoms with Crippen LogP contribution in [0.25, 0.3) is 10.9 Å². The molecule has 0 saturated carbocycles. The monoisotopic (exact) mass is 296 g/mol. The summed E-state index contributed by atoms with van der Waals surface area (Å²) in [5, 5.41) is 4.71. The van der Waals surface area contributed by atoms with E-state index < -0.39 is 0 Å². The van der Waals surface area contributed by atoms with E-state index >= 15 is 0 Å². The topological polar surface area (TPSA) is 42.0 Å². The highest BCUT2D eigenvalue weighted by Crippen LogP contribution is 2.32. The van der Waals surface area contributed by atoms with Crippen LogP contribution in [0.5, 0.6) is 0 Å². The van der Waals surface area contributed by atoms with Gasteiger partial charge in [0.2, 0.25) is 0 Å². The maximum absolute atomic E-state index is 11.9. The van der Waals surface area contributed by atoms with Crippen molar-refractivity contribution in [2.75, 3.05) is 5.32 Å². The smallest absolute Gasteiger partial charge is 0.163 e. The summed E-state index contributed by atoms with van der Waals surface area (Å²) in [5.74, 6) is -0.0391. The Hall–Kier alpha value is -2.39. The van der Waals surface area contributed by atoms with Gasteiger partial charge in [0.1, 0.15) is 0 Å². The van der Waals surface area contributed by atoms with E-state index in [9.17, 15) is 4.79 Å². The average Bonchev–Trinajstić information content (AvgIpc) is 2.49. The van der Waals surface area contributed by atoms with Gasteiger partial charge in [-0.1, -0.05) is 41.9 Å². The highest BCUT2D eigenvalue weighted by Gasteiger charge is 2.14. The zero-order valence-electron chi connectivity index (χ0n) is 11.4. The summed E-state index contributed by atoms with van der Waals surface area (Å²) in [7, 11) is 0. The number of carbonyl (C=O) groups excluding carboxylic acids is 1. The van der Waals surface area contributed by atoms with Crippen molar-refractivity contribution in [1.29, 1.82) is 0 Å². The lowest BCUT2D eigenvalue weighted by molar-refractivity contribution is 0.101. The number of Topliss-reactive ketones (excluding diaryl/α,β-unsaturated/α-hetero) is 1.